The third-order valence-corrected chi connectivity index (χ3v) is 4.71. The van der Waals surface area contributed by atoms with Gasteiger partial charge in [-0.3, -0.25) is 0 Å². The van der Waals surface area contributed by atoms with Gasteiger partial charge in [0.15, 0.2) is 0 Å². The van der Waals surface area contributed by atoms with Crippen molar-refractivity contribution in [2.45, 2.75) is 38.8 Å². The first kappa shape index (κ1) is 18.4. The zero-order chi connectivity index (χ0) is 18.6. The van der Waals surface area contributed by atoms with E-state index in [0.717, 1.165) is 23.3 Å². The van der Waals surface area contributed by atoms with Crippen LogP contribution >= 0.6 is 0 Å². The Hall–Kier alpha value is -2.37. The maximum absolute atomic E-state index is 11.2. The van der Waals surface area contributed by atoms with Crippen LogP contribution in [0.15, 0.2) is 54.6 Å². The molecule has 5 nitrogen and oxygen atoms in total. The molecular formula is C21H24O5. The maximum atomic E-state index is 11.2. The Morgan fingerprint density at radius 3 is 2.46 bits per heavy atom. The number of carboxylic acid groups (broad SMARTS) is 1. The van der Waals surface area contributed by atoms with E-state index in [2.05, 4.69) is 0 Å². The molecule has 3 atom stereocenters. The second kappa shape index (κ2) is 7.89. The van der Waals surface area contributed by atoms with E-state index in [9.17, 15) is 9.90 Å². The topological polar surface area (TPSA) is 65.0 Å². The highest BCUT2D eigenvalue weighted by molar-refractivity contribution is 5.75. The lowest BCUT2D eigenvalue weighted by Gasteiger charge is -2.39. The van der Waals surface area contributed by atoms with Gasteiger partial charge >= 0.3 is 5.97 Å². The Labute approximate surface area is 153 Å². The number of aliphatic carboxylic acids is 1. The zero-order valence-electron chi connectivity index (χ0n) is 15.1. The first-order valence-corrected chi connectivity index (χ1v) is 8.77. The average molecular weight is 356 g/mol. The molecule has 1 aliphatic rings. The predicted molar refractivity (Wildman–Crippen MR) is 96.9 cm³/mol. The summed E-state index contributed by atoms with van der Waals surface area (Å²) >= 11 is 0. The van der Waals surface area contributed by atoms with Gasteiger partial charge in [0.2, 0.25) is 0 Å². The van der Waals surface area contributed by atoms with Crippen LogP contribution in [0.5, 0.6) is 5.75 Å². The van der Waals surface area contributed by atoms with Crippen LogP contribution in [0, 0.1) is 5.92 Å². The smallest absolute Gasteiger partial charge is 0.364 e. The second-order valence-electron chi connectivity index (χ2n) is 6.77. The molecule has 1 aliphatic heterocycles. The molecule has 3 rings (SSSR count). The summed E-state index contributed by atoms with van der Waals surface area (Å²) in [5, 5.41) is 9.19. The number of rotatable bonds is 6. The van der Waals surface area contributed by atoms with Gasteiger partial charge in [-0.05, 0) is 36.6 Å². The van der Waals surface area contributed by atoms with Crippen molar-refractivity contribution in [3.63, 3.8) is 0 Å². The molecule has 1 N–H and O–H groups in total. The minimum absolute atomic E-state index is 0.110. The van der Waals surface area contributed by atoms with E-state index in [1.54, 1.807) is 0 Å². The molecule has 0 aromatic heterocycles. The number of hydrogen-bond acceptors (Lipinski definition) is 4. The fraction of sp³-hybridized carbons (Fsp3) is 0.381. The van der Waals surface area contributed by atoms with Gasteiger partial charge < -0.3 is 19.3 Å². The van der Waals surface area contributed by atoms with Crippen LogP contribution in [0.2, 0.25) is 0 Å². The van der Waals surface area contributed by atoms with Crippen LogP contribution in [-0.2, 0) is 27.3 Å². The normalized spacial score (nSPS) is 25.6. The van der Waals surface area contributed by atoms with Gasteiger partial charge in [-0.1, -0.05) is 42.5 Å². The highest BCUT2D eigenvalue weighted by atomic mass is 16.7. The minimum Gasteiger partial charge on any atom is -0.489 e. The lowest BCUT2D eigenvalue weighted by molar-refractivity contribution is -0.291. The van der Waals surface area contributed by atoms with Gasteiger partial charge in [0.1, 0.15) is 12.4 Å². The summed E-state index contributed by atoms with van der Waals surface area (Å²) < 4.78 is 16.8. The minimum atomic E-state index is -1.55. The van der Waals surface area contributed by atoms with Crippen LogP contribution in [0.3, 0.4) is 0 Å². The molecule has 0 saturated carbocycles. The van der Waals surface area contributed by atoms with Gasteiger partial charge in [0.05, 0.1) is 12.7 Å². The highest BCUT2D eigenvalue weighted by Gasteiger charge is 2.43. The first-order valence-electron chi connectivity index (χ1n) is 8.77. The Morgan fingerprint density at radius 2 is 1.85 bits per heavy atom. The Morgan fingerprint density at radius 1 is 1.15 bits per heavy atom. The Kier molecular flexibility index (Phi) is 5.59. The summed E-state index contributed by atoms with van der Waals surface area (Å²) in [6, 6.07) is 18.0. The zero-order valence-corrected chi connectivity index (χ0v) is 15.1. The Bertz CT molecular complexity index is 728. The number of ether oxygens (including phenoxy) is 3. The molecule has 2 aromatic rings. The monoisotopic (exact) mass is 356 g/mol. The number of hydrogen-bond donors (Lipinski definition) is 1. The molecule has 1 fully saturated rings. The summed E-state index contributed by atoms with van der Waals surface area (Å²) in [4.78, 5) is 11.2. The van der Waals surface area contributed by atoms with E-state index in [-0.39, 0.29) is 12.0 Å². The fourth-order valence-corrected chi connectivity index (χ4v) is 2.99. The van der Waals surface area contributed by atoms with Crippen molar-refractivity contribution in [1.82, 2.24) is 0 Å². The molecule has 0 amide bonds. The van der Waals surface area contributed by atoms with Crippen LogP contribution in [0.1, 0.15) is 25.0 Å². The van der Waals surface area contributed by atoms with Crippen LogP contribution < -0.4 is 4.74 Å². The van der Waals surface area contributed by atoms with Gasteiger partial charge in [-0.15, -0.1) is 0 Å². The lowest BCUT2D eigenvalue weighted by Crippen LogP contribution is -2.51. The molecule has 2 aromatic carbocycles. The summed E-state index contributed by atoms with van der Waals surface area (Å²) in [6.45, 7) is 4.23. The van der Waals surface area contributed by atoms with Crippen LogP contribution in [0.25, 0.3) is 0 Å². The highest BCUT2D eigenvalue weighted by Crippen LogP contribution is 2.29. The van der Waals surface area contributed by atoms with Crippen molar-refractivity contribution >= 4 is 5.97 Å². The van der Waals surface area contributed by atoms with Gasteiger partial charge in [-0.25, -0.2) is 4.79 Å². The number of benzene rings is 2. The molecule has 1 heterocycles. The third kappa shape index (κ3) is 4.42. The van der Waals surface area contributed by atoms with Gasteiger partial charge in [0, 0.05) is 12.8 Å². The summed E-state index contributed by atoms with van der Waals surface area (Å²) in [5.41, 5.74) is 2.27. The average Bonchev–Trinajstić information content (AvgIpc) is 2.64. The molecule has 5 heteroatoms. The van der Waals surface area contributed by atoms with Crippen molar-refractivity contribution in [1.29, 1.82) is 0 Å². The van der Waals surface area contributed by atoms with E-state index in [1.807, 2.05) is 61.5 Å². The quantitative estimate of drug-likeness (QED) is 0.856. The molecule has 26 heavy (non-hydrogen) atoms. The molecule has 3 unspecified atom stereocenters. The third-order valence-electron chi connectivity index (χ3n) is 4.71. The molecule has 138 valence electrons. The second-order valence-corrected chi connectivity index (χ2v) is 6.77. The largest absolute Gasteiger partial charge is 0.489 e. The van der Waals surface area contributed by atoms with E-state index in [4.69, 9.17) is 14.2 Å². The van der Waals surface area contributed by atoms with Crippen molar-refractivity contribution in [2.75, 3.05) is 6.61 Å². The van der Waals surface area contributed by atoms with E-state index in [1.165, 1.54) is 6.92 Å². The van der Waals surface area contributed by atoms with E-state index >= 15 is 0 Å². The van der Waals surface area contributed by atoms with E-state index in [0.29, 0.717) is 13.2 Å². The predicted octanol–water partition coefficient (Wildman–Crippen LogP) is 3.66. The summed E-state index contributed by atoms with van der Waals surface area (Å²) in [7, 11) is 0. The Balaban J connectivity index is 1.54. The molecule has 1 saturated heterocycles. The van der Waals surface area contributed by atoms with Crippen molar-refractivity contribution in [2.24, 2.45) is 5.92 Å². The standard InChI is InChI=1S/C21H24O5/c1-15-18(14-25-21(2,26-15)20(22)23)12-16-8-10-19(11-9-16)24-13-17-6-4-3-5-7-17/h3-11,15,18H,12-14H2,1-2H3,(H,22,23). The molecular weight excluding hydrogens is 332 g/mol. The van der Waals surface area contributed by atoms with Crippen LogP contribution in [0.4, 0.5) is 0 Å². The fourth-order valence-electron chi connectivity index (χ4n) is 2.99. The molecule has 0 aliphatic carbocycles. The van der Waals surface area contributed by atoms with Crippen molar-refractivity contribution in [3.8, 4) is 5.75 Å². The molecule has 0 bridgehead atoms. The van der Waals surface area contributed by atoms with Crippen LogP contribution in [-0.4, -0.2) is 29.6 Å². The van der Waals surface area contributed by atoms with Gasteiger partial charge in [-0.2, -0.15) is 0 Å². The number of carboxylic acids is 1. The van der Waals surface area contributed by atoms with Gasteiger partial charge in [0.25, 0.3) is 5.79 Å². The van der Waals surface area contributed by atoms with E-state index < -0.39 is 11.8 Å². The summed E-state index contributed by atoms with van der Waals surface area (Å²) in [5.74, 6) is -1.72. The van der Waals surface area contributed by atoms with Crippen molar-refractivity contribution < 1.29 is 24.1 Å². The number of carbonyl (C=O) groups is 1. The first-order chi connectivity index (χ1) is 12.5. The lowest BCUT2D eigenvalue weighted by atomic mass is 9.94. The SMILES string of the molecule is CC1OC(C)(C(=O)O)OCC1Cc1ccc(OCc2ccccc2)cc1. The molecule has 0 radical (unpaired) electrons. The summed E-state index contributed by atoms with van der Waals surface area (Å²) in [6.07, 6.45) is 0.564. The van der Waals surface area contributed by atoms with Crippen molar-refractivity contribution in [3.05, 3.63) is 65.7 Å². The molecule has 0 spiro atoms. The maximum Gasteiger partial charge on any atom is 0.364 e.